The Morgan fingerprint density at radius 2 is 0.918 bits per heavy atom. The quantitative estimate of drug-likeness (QED) is 0.0272. The Balaban J connectivity index is 4.22. The zero-order valence-corrected chi connectivity index (χ0v) is 40.3. The molecule has 0 saturated carbocycles. The lowest BCUT2D eigenvalue weighted by Crippen LogP contribution is -2.45. The number of phosphoric acid groups is 1. The summed E-state index contributed by atoms with van der Waals surface area (Å²) in [6.45, 7) is 4.09. The number of unbranched alkanes of at least 4 members (excludes halogenated alkanes) is 24. The van der Waals surface area contributed by atoms with E-state index in [2.05, 4.69) is 79.9 Å². The van der Waals surface area contributed by atoms with Crippen molar-refractivity contribution in [2.45, 2.75) is 231 Å². The van der Waals surface area contributed by atoms with Gasteiger partial charge in [0.25, 0.3) is 0 Å². The van der Waals surface area contributed by atoms with Crippen molar-refractivity contribution in [1.29, 1.82) is 0 Å². The molecule has 0 spiro atoms. The highest BCUT2D eigenvalue weighted by Gasteiger charge is 2.26. The highest BCUT2D eigenvalue weighted by molar-refractivity contribution is 7.47. The average molecular weight is 875 g/mol. The van der Waals surface area contributed by atoms with Gasteiger partial charge in [-0.25, -0.2) is 4.57 Å². The number of carbonyl (C=O) groups excluding carboxylic acids is 1. The van der Waals surface area contributed by atoms with Crippen molar-refractivity contribution in [3.63, 3.8) is 0 Å². The predicted molar refractivity (Wildman–Crippen MR) is 263 cm³/mol. The van der Waals surface area contributed by atoms with Gasteiger partial charge in [0.2, 0.25) is 5.91 Å². The van der Waals surface area contributed by atoms with Gasteiger partial charge in [0.1, 0.15) is 0 Å². The van der Waals surface area contributed by atoms with Crippen LogP contribution in [-0.4, -0.2) is 47.8 Å². The zero-order chi connectivity index (χ0) is 44.6. The molecule has 5 N–H and O–H groups in total. The van der Waals surface area contributed by atoms with E-state index in [0.717, 1.165) is 70.6 Å². The van der Waals surface area contributed by atoms with Gasteiger partial charge in [-0.15, -0.1) is 0 Å². The van der Waals surface area contributed by atoms with Crippen molar-refractivity contribution in [3.8, 4) is 0 Å². The van der Waals surface area contributed by atoms with Crippen LogP contribution in [0.1, 0.15) is 219 Å². The van der Waals surface area contributed by atoms with Gasteiger partial charge in [-0.2, -0.15) is 0 Å². The monoisotopic (exact) mass is 875 g/mol. The third-order valence-corrected chi connectivity index (χ3v) is 11.7. The smallest absolute Gasteiger partial charge is 0.387 e. The molecule has 0 aromatic rings. The maximum absolute atomic E-state index is 12.8. The first-order chi connectivity index (χ1) is 29.9. The molecule has 0 aromatic carbocycles. The van der Waals surface area contributed by atoms with Gasteiger partial charge in [0.15, 0.2) is 0 Å². The predicted octanol–water partition coefficient (Wildman–Crippen LogP) is 14.8. The molecule has 8 nitrogen and oxygen atoms in total. The molecule has 3 atom stereocenters. The molecule has 0 heterocycles. The lowest BCUT2D eigenvalue weighted by molar-refractivity contribution is -0.123. The maximum Gasteiger partial charge on any atom is 0.472 e. The number of phosphoric ester groups is 1. The van der Waals surface area contributed by atoms with Gasteiger partial charge in [0, 0.05) is 13.0 Å². The maximum atomic E-state index is 12.8. The molecule has 354 valence electrons. The summed E-state index contributed by atoms with van der Waals surface area (Å²) >= 11 is 0. The number of aliphatic hydroxyl groups excluding tert-OH is 1. The van der Waals surface area contributed by atoms with E-state index in [1.807, 2.05) is 6.08 Å². The third-order valence-electron chi connectivity index (χ3n) is 10.7. The lowest BCUT2D eigenvalue weighted by Gasteiger charge is -2.23. The Labute approximate surface area is 376 Å². The van der Waals surface area contributed by atoms with Crippen LogP contribution in [0.3, 0.4) is 0 Å². The van der Waals surface area contributed by atoms with Crippen LogP contribution in [0.2, 0.25) is 0 Å². The van der Waals surface area contributed by atoms with Gasteiger partial charge < -0.3 is 21.1 Å². The number of amides is 1. The first-order valence-electron chi connectivity index (χ1n) is 25.1. The van der Waals surface area contributed by atoms with Crippen LogP contribution >= 0.6 is 7.82 Å². The van der Waals surface area contributed by atoms with Gasteiger partial charge in [-0.1, -0.05) is 202 Å². The Bertz CT molecular complexity index is 1180. The van der Waals surface area contributed by atoms with Crippen molar-refractivity contribution >= 4 is 13.7 Å². The molecule has 3 unspecified atom stereocenters. The van der Waals surface area contributed by atoms with E-state index in [0.29, 0.717) is 6.42 Å². The van der Waals surface area contributed by atoms with Gasteiger partial charge >= 0.3 is 7.82 Å². The van der Waals surface area contributed by atoms with E-state index in [1.165, 1.54) is 128 Å². The Morgan fingerprint density at radius 1 is 0.541 bits per heavy atom. The molecule has 1 amide bonds. The van der Waals surface area contributed by atoms with Crippen molar-refractivity contribution in [2.24, 2.45) is 5.73 Å². The molecule has 0 aliphatic carbocycles. The van der Waals surface area contributed by atoms with Crippen molar-refractivity contribution in [1.82, 2.24) is 5.32 Å². The fraction of sp³-hybridized carbons (Fsp3) is 0.750. The van der Waals surface area contributed by atoms with Crippen LogP contribution in [0.25, 0.3) is 0 Å². The van der Waals surface area contributed by atoms with Gasteiger partial charge in [-0.05, 0) is 83.5 Å². The first-order valence-corrected chi connectivity index (χ1v) is 26.6. The summed E-state index contributed by atoms with van der Waals surface area (Å²) in [7, 11) is -4.36. The molecular formula is C52H95N2O6P. The SMILES string of the molecule is CCCCCCC/C=C\C/C=C\C/C=C\CCCCCCCCCCC(=O)NC(COP(=O)(O)OCCN)C(O)/C=C/CC/C=C/CC/C=C/CCCCCCCCCCC. The highest BCUT2D eigenvalue weighted by Crippen LogP contribution is 2.43. The highest BCUT2D eigenvalue weighted by atomic mass is 31.2. The fourth-order valence-corrected chi connectivity index (χ4v) is 7.69. The summed E-state index contributed by atoms with van der Waals surface area (Å²) in [5.74, 6) is -0.217. The van der Waals surface area contributed by atoms with Crippen molar-refractivity contribution in [2.75, 3.05) is 19.8 Å². The summed E-state index contributed by atoms with van der Waals surface area (Å²) < 4.78 is 22.2. The van der Waals surface area contributed by atoms with E-state index in [-0.39, 0.29) is 25.7 Å². The van der Waals surface area contributed by atoms with Gasteiger partial charge in [-0.3, -0.25) is 13.8 Å². The zero-order valence-electron chi connectivity index (χ0n) is 39.4. The number of aliphatic hydroxyl groups is 1. The number of hydrogen-bond acceptors (Lipinski definition) is 6. The van der Waals surface area contributed by atoms with Crippen LogP contribution in [0.5, 0.6) is 0 Å². The van der Waals surface area contributed by atoms with E-state index in [9.17, 15) is 19.4 Å². The molecule has 0 saturated heterocycles. The molecule has 0 fully saturated rings. The number of hydrogen-bond donors (Lipinski definition) is 4. The van der Waals surface area contributed by atoms with Crippen LogP contribution in [-0.2, 0) is 18.4 Å². The number of nitrogens with one attached hydrogen (secondary N) is 1. The minimum absolute atomic E-state index is 0.0673. The fourth-order valence-electron chi connectivity index (χ4n) is 6.94. The lowest BCUT2D eigenvalue weighted by atomic mass is 10.1. The van der Waals surface area contributed by atoms with Crippen LogP contribution in [0.4, 0.5) is 0 Å². The van der Waals surface area contributed by atoms with Crippen molar-refractivity contribution in [3.05, 3.63) is 72.9 Å². The van der Waals surface area contributed by atoms with E-state index < -0.39 is 20.0 Å². The molecule has 9 heteroatoms. The topological polar surface area (TPSA) is 131 Å². The molecule has 0 aromatic heterocycles. The first kappa shape index (κ1) is 58.9. The summed E-state index contributed by atoms with van der Waals surface area (Å²) in [5, 5.41) is 13.7. The molecule has 0 rings (SSSR count). The average Bonchev–Trinajstić information content (AvgIpc) is 3.25. The van der Waals surface area contributed by atoms with E-state index in [4.69, 9.17) is 14.8 Å². The van der Waals surface area contributed by atoms with E-state index >= 15 is 0 Å². The Hall–Kier alpha value is -2.06. The van der Waals surface area contributed by atoms with Crippen molar-refractivity contribution < 1.29 is 28.4 Å². The normalized spacial score (nSPS) is 14.5. The standard InChI is InChI=1S/C52H95N2O6P/c1-3-5-7-9-11-13-15-17-19-21-23-24-25-26-28-30-32-34-36-38-40-42-44-46-52(56)54-50(49-60-61(57,58)59-48-47-53)51(55)45-43-41-39-37-35-33-31-29-27-22-20-18-16-14-12-10-8-6-4-2/h15,17,21,23,25-27,29,35,37,43,45,50-51,55H,3-14,16,18-20,22,24,28,30-34,36,38-42,44,46-49,53H2,1-2H3,(H,54,56)(H,57,58)/b17-15-,23-21-,26-25-,29-27+,37-35+,45-43+. The second-order valence-electron chi connectivity index (χ2n) is 16.6. The number of carbonyl (C=O) groups is 1. The molecule has 61 heavy (non-hydrogen) atoms. The number of rotatable bonds is 46. The minimum atomic E-state index is -4.36. The number of nitrogens with two attached hydrogens (primary N) is 1. The minimum Gasteiger partial charge on any atom is -0.387 e. The molecule has 0 bridgehead atoms. The largest absolute Gasteiger partial charge is 0.472 e. The molecular weight excluding hydrogens is 780 g/mol. The Kier molecular flexibility index (Phi) is 45.8. The third kappa shape index (κ3) is 45.8. The van der Waals surface area contributed by atoms with Crippen LogP contribution in [0.15, 0.2) is 72.9 Å². The summed E-state index contributed by atoms with van der Waals surface area (Å²) in [6, 6.07) is -0.892. The second-order valence-corrected chi connectivity index (χ2v) is 18.1. The Morgan fingerprint density at radius 3 is 1.38 bits per heavy atom. The summed E-state index contributed by atoms with van der Waals surface area (Å²) in [5.41, 5.74) is 5.38. The summed E-state index contributed by atoms with van der Waals surface area (Å²) in [4.78, 5) is 22.8. The van der Waals surface area contributed by atoms with Gasteiger partial charge in [0.05, 0.1) is 25.4 Å². The molecule has 0 aliphatic rings. The van der Waals surface area contributed by atoms with Crippen LogP contribution in [0, 0.1) is 0 Å². The van der Waals surface area contributed by atoms with Crippen LogP contribution < -0.4 is 11.1 Å². The van der Waals surface area contributed by atoms with E-state index in [1.54, 1.807) is 6.08 Å². The number of allylic oxidation sites excluding steroid dienone is 11. The second kappa shape index (κ2) is 47.4. The molecule has 0 radical (unpaired) electrons. The summed E-state index contributed by atoms with van der Waals surface area (Å²) in [6.07, 6.45) is 62.5. The molecule has 0 aliphatic heterocycles.